The van der Waals surface area contributed by atoms with Crippen LogP contribution in [0.2, 0.25) is 0 Å². The van der Waals surface area contributed by atoms with Gasteiger partial charge in [0.05, 0.1) is 38.0 Å². The maximum Gasteiger partial charge on any atom is 1.00 e. The number of hydrogen-bond donors (Lipinski definition) is 10. The number of amidine groups is 1. The number of methoxy groups -OCH3 is 3. The first-order valence-electron chi connectivity index (χ1n) is 36.0. The Bertz CT molecular complexity index is 3740. The van der Waals surface area contributed by atoms with Crippen molar-refractivity contribution in [3.05, 3.63) is 228 Å². The number of para-hydroxylation sites is 4. The molecule has 0 aliphatic heterocycles. The number of aliphatic imine (C=N–C) groups is 2. The molecule has 22 nitrogen and oxygen atoms in total. The number of Topliss-reactive ketones (excluding diaryl/α,β-unsaturated/α-hetero) is 1. The fraction of sp³-hybridized carbons (Fsp3) is 0.402. The van der Waals surface area contributed by atoms with Gasteiger partial charge in [-0.05, 0) is 163 Å². The smallest absolute Gasteiger partial charge is 0.715 e. The second-order valence-electron chi connectivity index (χ2n) is 25.1. The monoisotopic (exact) mass is 2140 g/mol. The molecule has 27 heteroatoms. The second kappa shape index (κ2) is 59.9. The fourth-order valence-electron chi connectivity index (χ4n) is 13.5. The van der Waals surface area contributed by atoms with E-state index in [9.17, 15) is 19.2 Å². The van der Waals surface area contributed by atoms with Crippen molar-refractivity contribution in [3.8, 4) is 29.2 Å². The van der Waals surface area contributed by atoms with Gasteiger partial charge in [-0.15, -0.1) is 0 Å². The first-order chi connectivity index (χ1) is 51.1. The Hall–Kier alpha value is -4.76. The summed E-state index contributed by atoms with van der Waals surface area (Å²) >= 11 is 0. The molecule has 0 bridgehead atoms. The van der Waals surface area contributed by atoms with Crippen molar-refractivity contribution in [2.24, 2.45) is 21.5 Å². The third kappa shape index (κ3) is 34.1. The van der Waals surface area contributed by atoms with Gasteiger partial charge in [0.25, 0.3) is 17.7 Å². The molecule has 3 amide bonds. The minimum atomic E-state index is -0.188. The van der Waals surface area contributed by atoms with Gasteiger partial charge in [0.15, 0.2) is 12.2 Å². The summed E-state index contributed by atoms with van der Waals surface area (Å²) in [7, 11) is 8.25. The Morgan fingerprint density at radius 3 is 1.17 bits per heavy atom. The Kier molecular flexibility index (Phi) is 57.3. The molecule has 0 spiro atoms. The van der Waals surface area contributed by atoms with Crippen LogP contribution in [0, 0.1) is 144 Å². The van der Waals surface area contributed by atoms with Crippen molar-refractivity contribution in [1.82, 2.24) is 31.5 Å². The molecule has 0 aromatic heterocycles. The quantitative estimate of drug-likeness (QED) is 0.00575. The van der Waals surface area contributed by atoms with E-state index in [2.05, 4.69) is 130 Å². The normalized spacial score (nSPS) is 17.0. The number of rotatable bonds is 22. The van der Waals surface area contributed by atoms with Crippen LogP contribution in [-0.4, -0.2) is 150 Å². The van der Waals surface area contributed by atoms with E-state index >= 15 is 0 Å². The first-order valence-corrected chi connectivity index (χ1v) is 36.0. The number of ether oxygens (including phenoxy) is 4. The number of nitrogens with zero attached hydrogens (tertiary/aromatic N) is 4. The molecule has 3 saturated carbocycles. The van der Waals surface area contributed by atoms with Crippen molar-refractivity contribution >= 4 is 43.5 Å². The second-order valence-corrected chi connectivity index (χ2v) is 25.1. The molecule has 0 atom stereocenters. The number of amides is 3. The van der Waals surface area contributed by atoms with Crippen molar-refractivity contribution in [3.63, 3.8) is 0 Å². The molecule has 3 aliphatic carbocycles. The number of guanidine groups is 1. The summed E-state index contributed by atoms with van der Waals surface area (Å²) in [6, 6.07) is 63.7. The van der Waals surface area contributed by atoms with Gasteiger partial charge in [0.2, 0.25) is 0 Å². The summed E-state index contributed by atoms with van der Waals surface area (Å²) < 4.78 is 21.3. The van der Waals surface area contributed by atoms with Gasteiger partial charge < -0.3 is 69.7 Å². The minimum Gasteiger partial charge on any atom is -0.715 e. The molecule has 6 radical (unpaired) electrons. The van der Waals surface area contributed by atoms with Gasteiger partial charge in [-0.2, -0.15) is 5.26 Å². The SMILES string of the molecule is CCN.CCN=C(N)N(CC)C1CCC(CNC(=O)c2ccccc2OC)(c2ccccc2)CC1.CCN=C(NC#N)Oc1ccccc1.CCNC1CCC(CNC(=O)c2ccccc2OC)(c2ccccc2)CC1.COc1ccccc1C(=O)NCC1(c2ccccc2)CCC(=O)CC1.OO.[Ac].[Ac].[Ac].[B-]O.[Na+]. The topological polar surface area (TPSA) is 330 Å². The minimum absolute atomic E-state index is 0. The third-order valence-corrected chi connectivity index (χ3v) is 18.9. The maximum atomic E-state index is 13.0. The number of nitrogens with two attached hydrogens (primary N) is 2. The summed E-state index contributed by atoms with van der Waals surface area (Å²) in [5.41, 5.74) is 16.2. The van der Waals surface area contributed by atoms with Gasteiger partial charge >= 0.3 is 35.6 Å². The summed E-state index contributed by atoms with van der Waals surface area (Å²) in [5.74, 6) is 3.04. The van der Waals surface area contributed by atoms with Crippen LogP contribution in [0.4, 0.5) is 0 Å². The zero-order valence-corrected chi connectivity index (χ0v) is 81.4. The van der Waals surface area contributed by atoms with Crippen molar-refractivity contribution in [2.75, 3.05) is 73.7 Å². The van der Waals surface area contributed by atoms with Crippen LogP contribution in [0.3, 0.4) is 0 Å². The average Bonchev–Trinajstić information content (AvgIpc) is 0.804. The molecule has 12 N–H and O–H groups in total. The van der Waals surface area contributed by atoms with Crippen molar-refractivity contribution in [2.45, 2.75) is 140 Å². The molecule has 0 saturated heterocycles. The van der Waals surface area contributed by atoms with Crippen molar-refractivity contribution < 1.29 is 215 Å². The molecular formula is C82H110Ac3BN11NaO11. The predicted octanol–water partition coefficient (Wildman–Crippen LogP) is 8.94. The molecule has 0 heterocycles. The number of carbonyl (C=O) groups is 4. The zero-order valence-electron chi connectivity index (χ0n) is 65.1. The predicted molar refractivity (Wildman–Crippen MR) is 418 cm³/mol. The largest absolute Gasteiger partial charge is 1.00 e. The van der Waals surface area contributed by atoms with Crippen LogP contribution < -0.4 is 86.6 Å². The van der Waals surface area contributed by atoms with Crippen LogP contribution >= 0.6 is 0 Å². The molecule has 3 aliphatic rings. The van der Waals surface area contributed by atoms with E-state index < -0.39 is 0 Å². The number of benzene rings is 7. The van der Waals surface area contributed by atoms with E-state index in [1.54, 1.807) is 57.9 Å². The number of carbonyl (C=O) groups excluding carboxylic acids is 4. The Labute approximate surface area is 777 Å². The molecule has 109 heavy (non-hydrogen) atoms. The zero-order chi connectivity index (χ0) is 76.7. The molecule has 572 valence electrons. The number of nitriles is 1. The molecule has 10 rings (SSSR count). The van der Waals surface area contributed by atoms with Gasteiger partial charge in [-0.25, -0.2) is 10.3 Å². The van der Waals surface area contributed by atoms with Crippen LogP contribution in [0.1, 0.15) is 159 Å². The van der Waals surface area contributed by atoms with E-state index in [-0.39, 0.29) is 202 Å². The molecular weight excluding hydrogens is 2030 g/mol. The van der Waals surface area contributed by atoms with Gasteiger partial charge in [0, 0.05) is 213 Å². The van der Waals surface area contributed by atoms with Crippen LogP contribution in [0.25, 0.3) is 0 Å². The summed E-state index contributed by atoms with van der Waals surface area (Å²) in [4.78, 5) is 60.8. The molecule has 7 aromatic carbocycles. The number of hydrogen-bond acceptors (Lipinski definition) is 16. The standard InChI is InChI=1S/C26H36N4O2.C23H30N2O2.C21H23NO3.C10H11N3O.C2H7N.3Ac.BHO.Na.H2O2/c1-4-28-25(27)30(5-2)21-15-17-26(18-16-21,20-11-7-6-8-12-20)19-29-24(31)22-13-9-10-14-23(22)32-3;1-3-24-19-13-15-23(16-14-19,18-9-5-4-6-10-18)17-25-22(26)20-11-7-8-12-21(20)27-2;1-25-19-10-6-5-9-18(19)20(24)22-15-21(13-11-17(23)12-14-21)16-7-3-2-4-8-16;1-2-12-10(13-8-11)14-9-6-4-3-5-7-9;1-2-3;;;;1-2;;1-2/h6-14,21H,4-5,15-19H2,1-3H3,(H2,27,28)(H,29,31);4-12,19,24H,3,13-17H2,1-2H3,(H,25,26);2-10H,11-15H2,1H3,(H,22,24);3-7H,2H2,1H3,(H,12,13);2-3H2,1H3;;;;2H;;1-2H/q;;;;;;;;-1;+1;. The van der Waals surface area contributed by atoms with E-state index in [0.717, 1.165) is 83.8 Å². The van der Waals surface area contributed by atoms with Gasteiger partial charge in [0.1, 0.15) is 28.8 Å². The first kappa shape index (κ1) is 104. The van der Waals surface area contributed by atoms with Gasteiger partial charge in [-0.3, -0.25) is 34.7 Å². The summed E-state index contributed by atoms with van der Waals surface area (Å²) in [5, 5.41) is 42.3. The summed E-state index contributed by atoms with van der Waals surface area (Å²) in [6.07, 6.45) is 12.8. The van der Waals surface area contributed by atoms with E-state index in [4.69, 9.17) is 51.2 Å². The average molecular weight is 2140 g/mol. The Morgan fingerprint density at radius 2 is 0.853 bits per heavy atom. The fourth-order valence-corrected chi connectivity index (χ4v) is 13.5. The van der Waals surface area contributed by atoms with Crippen LogP contribution in [-0.2, 0) is 21.0 Å². The van der Waals surface area contributed by atoms with Crippen LogP contribution in [0.15, 0.2) is 204 Å². The molecule has 0 unspecified atom stereocenters. The third-order valence-electron chi connectivity index (χ3n) is 18.9. The molecule has 3 fully saturated rings. The molecule has 7 aromatic rings. The number of ketones is 1. The maximum absolute atomic E-state index is 13.0. The van der Waals surface area contributed by atoms with E-state index in [0.29, 0.717) is 109 Å². The number of nitrogens with one attached hydrogen (secondary N) is 5. The Morgan fingerprint density at radius 1 is 0.532 bits per heavy atom. The van der Waals surface area contributed by atoms with E-state index in [1.807, 2.05) is 118 Å². The van der Waals surface area contributed by atoms with E-state index in [1.165, 1.54) is 16.7 Å². The summed E-state index contributed by atoms with van der Waals surface area (Å²) in [6.45, 7) is 15.7. The van der Waals surface area contributed by atoms with Crippen molar-refractivity contribution in [1.29, 1.82) is 5.26 Å². The Balaban J connectivity index is 0.00000141. The van der Waals surface area contributed by atoms with Crippen LogP contribution in [0.5, 0.6) is 23.0 Å². The van der Waals surface area contributed by atoms with Gasteiger partial charge in [-0.1, -0.05) is 159 Å².